The number of carbonyl (C=O) groups excluding carboxylic acids is 1. The molecule has 1 fully saturated rings. The van der Waals surface area contributed by atoms with Crippen molar-refractivity contribution >= 4 is 31.9 Å². The Morgan fingerprint density at radius 2 is 1.75 bits per heavy atom. The topological polar surface area (TPSA) is 57.7 Å². The normalized spacial score (nSPS) is 16.1. The lowest BCUT2D eigenvalue weighted by atomic mass is 10.1. The second kappa shape index (κ2) is 7.97. The smallest absolute Gasteiger partial charge is 0.243 e. The molecule has 0 unspecified atom stereocenters. The fraction of sp³-hybridized carbons (Fsp3) is 0.588. The van der Waals surface area contributed by atoms with Crippen molar-refractivity contribution in [1.82, 2.24) is 9.21 Å². The quantitative estimate of drug-likeness (QED) is 0.714. The number of amides is 1. The number of hydrogen-bond donors (Lipinski definition) is 0. The molecule has 0 atom stereocenters. The van der Waals surface area contributed by atoms with Crippen molar-refractivity contribution in [2.75, 3.05) is 13.6 Å². The van der Waals surface area contributed by atoms with Crippen LogP contribution in [0.5, 0.6) is 0 Å². The van der Waals surface area contributed by atoms with Crippen LogP contribution < -0.4 is 0 Å². The Balaban J connectivity index is 2.12. The molecule has 1 aromatic rings. The summed E-state index contributed by atoms with van der Waals surface area (Å²) in [6.07, 6.45) is 4.28. The number of likely N-dealkylation sites (N-methyl/N-ethyl adjacent to an activating group) is 1. The van der Waals surface area contributed by atoms with Crippen LogP contribution in [0, 0.1) is 0 Å². The molecular weight excluding hydrogens is 392 g/mol. The molecule has 0 aromatic heterocycles. The van der Waals surface area contributed by atoms with Gasteiger partial charge in [0.25, 0.3) is 0 Å². The number of rotatable bonds is 6. The average molecular weight is 417 g/mol. The molecular formula is C17H25BrN2O3S. The molecule has 134 valence electrons. The van der Waals surface area contributed by atoms with Gasteiger partial charge >= 0.3 is 0 Å². The van der Waals surface area contributed by atoms with Crippen molar-refractivity contribution < 1.29 is 13.2 Å². The fourth-order valence-electron chi connectivity index (χ4n) is 3.24. The van der Waals surface area contributed by atoms with Gasteiger partial charge in [-0.2, -0.15) is 4.31 Å². The minimum atomic E-state index is -3.67. The fourth-order valence-corrected chi connectivity index (χ4v) is 4.62. The summed E-state index contributed by atoms with van der Waals surface area (Å²) >= 11 is 3.29. The summed E-state index contributed by atoms with van der Waals surface area (Å²) in [6.45, 7) is 3.84. The molecule has 1 saturated carbocycles. The van der Waals surface area contributed by atoms with Crippen LogP contribution in [0.2, 0.25) is 0 Å². The molecule has 0 saturated heterocycles. The first-order valence-electron chi connectivity index (χ1n) is 8.26. The van der Waals surface area contributed by atoms with Crippen molar-refractivity contribution in [3.8, 4) is 0 Å². The van der Waals surface area contributed by atoms with Crippen LogP contribution >= 0.6 is 15.9 Å². The number of hydrogen-bond acceptors (Lipinski definition) is 3. The summed E-state index contributed by atoms with van der Waals surface area (Å²) in [5.74, 6) is -0.125. The Hall–Kier alpha value is -0.920. The van der Waals surface area contributed by atoms with Gasteiger partial charge in [-0.3, -0.25) is 4.79 Å². The molecule has 1 aliphatic rings. The third kappa shape index (κ3) is 4.37. The van der Waals surface area contributed by atoms with E-state index in [4.69, 9.17) is 0 Å². The van der Waals surface area contributed by atoms with Crippen LogP contribution in [0.15, 0.2) is 33.6 Å². The lowest BCUT2D eigenvalue weighted by Gasteiger charge is -2.34. The van der Waals surface area contributed by atoms with Gasteiger partial charge in [-0.15, -0.1) is 0 Å². The van der Waals surface area contributed by atoms with Gasteiger partial charge in [0.15, 0.2) is 0 Å². The summed E-state index contributed by atoms with van der Waals surface area (Å²) < 4.78 is 27.2. The summed E-state index contributed by atoms with van der Waals surface area (Å²) in [5.41, 5.74) is 0. The molecule has 0 heterocycles. The van der Waals surface area contributed by atoms with Crippen LogP contribution in [0.3, 0.4) is 0 Å². The van der Waals surface area contributed by atoms with Gasteiger partial charge < -0.3 is 4.90 Å². The van der Waals surface area contributed by atoms with E-state index in [0.29, 0.717) is 0 Å². The molecule has 7 heteroatoms. The van der Waals surface area contributed by atoms with Gasteiger partial charge in [-0.25, -0.2) is 8.42 Å². The number of carbonyl (C=O) groups is 1. The molecule has 1 aliphatic carbocycles. The Bertz CT molecular complexity index is 668. The van der Waals surface area contributed by atoms with Crippen LogP contribution in [0.25, 0.3) is 0 Å². The van der Waals surface area contributed by atoms with Crippen LogP contribution in [0.4, 0.5) is 0 Å². The maximum atomic E-state index is 12.7. The molecule has 0 N–H and O–H groups in total. The highest BCUT2D eigenvalue weighted by Crippen LogP contribution is 2.26. The first kappa shape index (κ1) is 19.4. The third-order valence-electron chi connectivity index (χ3n) is 4.44. The van der Waals surface area contributed by atoms with Gasteiger partial charge in [-0.05, 0) is 51.0 Å². The SMILES string of the molecule is CC(C)N(C(=O)CN(C)S(=O)(=O)c1ccc(Br)cc1)C1CCCC1. The predicted molar refractivity (Wildman–Crippen MR) is 98.2 cm³/mol. The monoisotopic (exact) mass is 416 g/mol. The van der Waals surface area contributed by atoms with Gasteiger partial charge in [0.2, 0.25) is 15.9 Å². The lowest BCUT2D eigenvalue weighted by molar-refractivity contribution is -0.135. The molecule has 24 heavy (non-hydrogen) atoms. The number of nitrogens with zero attached hydrogens (tertiary/aromatic N) is 2. The highest BCUT2D eigenvalue weighted by Gasteiger charge is 2.31. The highest BCUT2D eigenvalue weighted by molar-refractivity contribution is 9.10. The van der Waals surface area contributed by atoms with Crippen LogP contribution in [-0.4, -0.2) is 49.2 Å². The van der Waals surface area contributed by atoms with Gasteiger partial charge in [0.05, 0.1) is 11.4 Å². The first-order valence-corrected chi connectivity index (χ1v) is 10.5. The molecule has 0 spiro atoms. The maximum Gasteiger partial charge on any atom is 0.243 e. The Morgan fingerprint density at radius 1 is 1.21 bits per heavy atom. The molecule has 5 nitrogen and oxygen atoms in total. The zero-order valence-corrected chi connectivity index (χ0v) is 16.8. The van der Waals surface area contributed by atoms with Gasteiger partial charge in [-0.1, -0.05) is 28.8 Å². The van der Waals surface area contributed by atoms with Crippen molar-refractivity contribution in [1.29, 1.82) is 0 Å². The molecule has 1 amide bonds. The summed E-state index contributed by atoms with van der Waals surface area (Å²) in [7, 11) is -2.21. The van der Waals surface area contributed by atoms with E-state index in [2.05, 4.69) is 15.9 Å². The Morgan fingerprint density at radius 3 is 2.25 bits per heavy atom. The van der Waals surface area contributed by atoms with E-state index in [9.17, 15) is 13.2 Å². The minimum Gasteiger partial charge on any atom is -0.336 e. The molecule has 2 rings (SSSR count). The van der Waals surface area contributed by atoms with E-state index in [1.54, 1.807) is 12.1 Å². The maximum absolute atomic E-state index is 12.7. The number of halogens is 1. The summed E-state index contributed by atoms with van der Waals surface area (Å²) in [4.78, 5) is 14.8. The largest absolute Gasteiger partial charge is 0.336 e. The number of benzene rings is 1. The van der Waals surface area contributed by atoms with E-state index in [1.807, 2.05) is 18.7 Å². The number of sulfonamides is 1. The van der Waals surface area contributed by atoms with Crippen molar-refractivity contribution in [3.63, 3.8) is 0 Å². The second-order valence-corrected chi connectivity index (χ2v) is 9.51. The summed E-state index contributed by atoms with van der Waals surface area (Å²) in [6, 6.07) is 6.75. The van der Waals surface area contributed by atoms with E-state index in [0.717, 1.165) is 34.5 Å². The standard InChI is InChI=1S/C17H25BrN2O3S/c1-13(2)20(15-6-4-5-7-15)17(21)12-19(3)24(22,23)16-10-8-14(18)9-11-16/h8-11,13,15H,4-7,12H2,1-3H3. The molecule has 0 aliphatic heterocycles. The minimum absolute atomic E-state index is 0.0735. The predicted octanol–water partition coefficient (Wildman–Crippen LogP) is 3.25. The van der Waals surface area contributed by atoms with E-state index in [-0.39, 0.29) is 29.4 Å². The third-order valence-corrected chi connectivity index (χ3v) is 6.79. The molecule has 1 aromatic carbocycles. The highest BCUT2D eigenvalue weighted by atomic mass is 79.9. The van der Waals surface area contributed by atoms with E-state index in [1.165, 1.54) is 19.2 Å². The second-order valence-electron chi connectivity index (χ2n) is 6.55. The lowest BCUT2D eigenvalue weighted by Crippen LogP contribution is -2.48. The van der Waals surface area contributed by atoms with Crippen molar-refractivity contribution in [2.24, 2.45) is 0 Å². The molecule has 0 radical (unpaired) electrons. The van der Waals surface area contributed by atoms with E-state index < -0.39 is 10.0 Å². The van der Waals surface area contributed by atoms with Gasteiger partial charge in [0.1, 0.15) is 0 Å². The van der Waals surface area contributed by atoms with Crippen LogP contribution in [-0.2, 0) is 14.8 Å². The van der Waals surface area contributed by atoms with Crippen molar-refractivity contribution in [3.05, 3.63) is 28.7 Å². The zero-order chi connectivity index (χ0) is 17.9. The van der Waals surface area contributed by atoms with Crippen LogP contribution in [0.1, 0.15) is 39.5 Å². The Labute approximate surface area is 153 Å². The average Bonchev–Trinajstić information content (AvgIpc) is 3.01. The van der Waals surface area contributed by atoms with Crippen molar-refractivity contribution in [2.45, 2.75) is 56.5 Å². The van der Waals surface area contributed by atoms with E-state index >= 15 is 0 Å². The van der Waals surface area contributed by atoms with Gasteiger partial charge in [0, 0.05) is 23.6 Å². The Kier molecular flexibility index (Phi) is 6.45. The summed E-state index contributed by atoms with van der Waals surface area (Å²) in [5, 5.41) is 0. The zero-order valence-electron chi connectivity index (χ0n) is 14.4. The molecule has 0 bridgehead atoms. The first-order chi connectivity index (χ1) is 11.2.